The quantitative estimate of drug-likeness (QED) is 0.193. The molecule has 50 heavy (non-hydrogen) atoms. The van der Waals surface area contributed by atoms with Gasteiger partial charge in [-0.15, -0.1) is 0 Å². The van der Waals surface area contributed by atoms with Gasteiger partial charge in [-0.3, -0.25) is 0 Å². The van der Waals surface area contributed by atoms with Crippen LogP contribution in [0.25, 0.3) is 77.2 Å². The van der Waals surface area contributed by atoms with Crippen LogP contribution in [0, 0.1) is 34.0 Å². The zero-order chi connectivity index (χ0) is 33.8. The van der Waals surface area contributed by atoms with Crippen LogP contribution < -0.4 is 0 Å². The van der Waals surface area contributed by atoms with Crippen LogP contribution in [0.1, 0.15) is 16.7 Å². The highest BCUT2D eigenvalue weighted by molar-refractivity contribution is 6.12. The Bertz CT molecular complexity index is 2940. The van der Waals surface area contributed by atoms with E-state index in [2.05, 4.69) is 106 Å². The van der Waals surface area contributed by atoms with Crippen LogP contribution in [0.5, 0.6) is 0 Å². The lowest BCUT2D eigenvalue weighted by molar-refractivity contribution is 1.18. The predicted octanol–water partition coefficient (Wildman–Crippen LogP) is 10.8. The minimum Gasteiger partial charge on any atom is -0.309 e. The van der Waals surface area contributed by atoms with Crippen molar-refractivity contribution in [1.29, 1.82) is 15.8 Å². The molecule has 7 aromatic carbocycles. The molecule has 5 heteroatoms. The molecule has 0 bridgehead atoms. The number of nitriles is 3. The molecule has 0 aliphatic rings. The molecule has 0 radical (unpaired) electrons. The summed E-state index contributed by atoms with van der Waals surface area (Å²) in [5, 5.41) is 33.4. The van der Waals surface area contributed by atoms with Crippen molar-refractivity contribution in [3.63, 3.8) is 0 Å². The summed E-state index contributed by atoms with van der Waals surface area (Å²) in [5.41, 5.74) is 12.1. The van der Waals surface area contributed by atoms with Crippen LogP contribution in [0.2, 0.25) is 0 Å². The van der Waals surface area contributed by atoms with Gasteiger partial charge in [-0.05, 0) is 83.4 Å². The van der Waals surface area contributed by atoms with E-state index >= 15 is 0 Å². The van der Waals surface area contributed by atoms with E-state index in [0.29, 0.717) is 16.7 Å². The van der Waals surface area contributed by atoms with Gasteiger partial charge in [-0.1, -0.05) is 84.9 Å². The second kappa shape index (κ2) is 11.4. The molecule has 0 atom stereocenters. The van der Waals surface area contributed by atoms with Gasteiger partial charge in [0.05, 0.1) is 62.7 Å². The van der Waals surface area contributed by atoms with E-state index in [0.717, 1.165) is 77.2 Å². The van der Waals surface area contributed by atoms with Crippen LogP contribution in [0.15, 0.2) is 152 Å². The molecule has 9 rings (SSSR count). The standard InChI is InChI=1S/C45H25N5/c46-26-29-13-23-42-39(24-29)37-7-1-3-9-40(37)50(42)44-25-30(27-47)12-22-36(44)33-16-14-31(15-17-33)32-18-20-35(21-19-32)49-41-10-4-2-8-38(41)45-34(28-48)6-5-11-43(45)49/h1-25H. The fourth-order valence-corrected chi connectivity index (χ4v) is 7.37. The number of aromatic nitrogens is 2. The molecular weight excluding hydrogens is 611 g/mol. The summed E-state index contributed by atoms with van der Waals surface area (Å²) in [6, 6.07) is 57.9. The monoisotopic (exact) mass is 635 g/mol. The molecule has 2 heterocycles. The fraction of sp³-hybridized carbons (Fsp3) is 0. The van der Waals surface area contributed by atoms with Crippen molar-refractivity contribution in [2.24, 2.45) is 0 Å². The Kier molecular flexibility index (Phi) is 6.56. The van der Waals surface area contributed by atoms with Crippen molar-refractivity contribution in [2.75, 3.05) is 0 Å². The average Bonchev–Trinajstić information content (AvgIpc) is 3.70. The Balaban J connectivity index is 1.12. The summed E-state index contributed by atoms with van der Waals surface area (Å²) in [5.74, 6) is 0. The number of benzene rings is 7. The maximum absolute atomic E-state index is 9.88. The van der Waals surface area contributed by atoms with Crippen LogP contribution in [0.3, 0.4) is 0 Å². The molecule has 0 N–H and O–H groups in total. The van der Waals surface area contributed by atoms with E-state index in [1.807, 2.05) is 72.8 Å². The molecule has 0 aliphatic carbocycles. The second-order valence-corrected chi connectivity index (χ2v) is 12.3. The normalized spacial score (nSPS) is 11.1. The van der Waals surface area contributed by atoms with Gasteiger partial charge >= 0.3 is 0 Å². The minimum absolute atomic E-state index is 0.576. The molecule has 0 fully saturated rings. The fourth-order valence-electron chi connectivity index (χ4n) is 7.37. The Morgan fingerprint density at radius 2 is 0.980 bits per heavy atom. The van der Waals surface area contributed by atoms with Gasteiger partial charge in [0.1, 0.15) is 0 Å². The molecule has 5 nitrogen and oxygen atoms in total. The van der Waals surface area contributed by atoms with Crippen molar-refractivity contribution < 1.29 is 0 Å². The molecule has 0 amide bonds. The largest absolute Gasteiger partial charge is 0.309 e. The number of fused-ring (bicyclic) bond motifs is 6. The molecule has 9 aromatic rings. The topological polar surface area (TPSA) is 81.2 Å². The first kappa shape index (κ1) is 28.8. The second-order valence-electron chi connectivity index (χ2n) is 12.3. The third kappa shape index (κ3) is 4.38. The highest BCUT2D eigenvalue weighted by Crippen LogP contribution is 2.38. The molecular formula is C45H25N5. The Hall–Kier alpha value is -7.39. The van der Waals surface area contributed by atoms with Crippen molar-refractivity contribution in [2.45, 2.75) is 0 Å². The lowest BCUT2D eigenvalue weighted by Gasteiger charge is -2.15. The lowest BCUT2D eigenvalue weighted by atomic mass is 9.98. The van der Waals surface area contributed by atoms with Gasteiger partial charge in [0.25, 0.3) is 0 Å². The van der Waals surface area contributed by atoms with E-state index in [1.54, 1.807) is 0 Å². The van der Waals surface area contributed by atoms with E-state index in [4.69, 9.17) is 0 Å². The summed E-state index contributed by atoms with van der Waals surface area (Å²) in [6.07, 6.45) is 0. The highest BCUT2D eigenvalue weighted by Gasteiger charge is 2.18. The molecule has 0 spiro atoms. The molecule has 0 unspecified atom stereocenters. The van der Waals surface area contributed by atoms with Gasteiger partial charge in [0.2, 0.25) is 0 Å². The summed E-state index contributed by atoms with van der Waals surface area (Å²) >= 11 is 0. The first-order valence-corrected chi connectivity index (χ1v) is 16.3. The number of nitrogens with zero attached hydrogens (tertiary/aromatic N) is 5. The molecule has 2 aromatic heterocycles. The van der Waals surface area contributed by atoms with Gasteiger partial charge in [-0.2, -0.15) is 15.8 Å². The first-order valence-electron chi connectivity index (χ1n) is 16.3. The molecule has 0 saturated heterocycles. The third-order valence-electron chi connectivity index (χ3n) is 9.64. The first-order chi connectivity index (χ1) is 24.7. The zero-order valence-electron chi connectivity index (χ0n) is 26.7. The van der Waals surface area contributed by atoms with Gasteiger partial charge in [0.15, 0.2) is 0 Å². The van der Waals surface area contributed by atoms with Crippen molar-refractivity contribution >= 4 is 43.6 Å². The van der Waals surface area contributed by atoms with Crippen molar-refractivity contribution in [3.05, 3.63) is 168 Å². The Morgan fingerprint density at radius 1 is 0.400 bits per heavy atom. The molecule has 0 aliphatic heterocycles. The molecule has 0 saturated carbocycles. The summed E-state index contributed by atoms with van der Waals surface area (Å²) < 4.78 is 4.42. The number of para-hydroxylation sites is 2. The van der Waals surface area contributed by atoms with E-state index < -0.39 is 0 Å². The zero-order valence-corrected chi connectivity index (χ0v) is 26.7. The summed E-state index contributed by atoms with van der Waals surface area (Å²) in [7, 11) is 0. The van der Waals surface area contributed by atoms with E-state index in [9.17, 15) is 15.8 Å². The number of rotatable bonds is 4. The molecule has 230 valence electrons. The minimum atomic E-state index is 0.576. The van der Waals surface area contributed by atoms with E-state index in [-0.39, 0.29) is 0 Å². The van der Waals surface area contributed by atoms with Crippen molar-refractivity contribution in [1.82, 2.24) is 9.13 Å². The van der Waals surface area contributed by atoms with Crippen LogP contribution >= 0.6 is 0 Å². The van der Waals surface area contributed by atoms with Crippen LogP contribution in [-0.2, 0) is 0 Å². The third-order valence-corrected chi connectivity index (χ3v) is 9.64. The van der Waals surface area contributed by atoms with Gasteiger partial charge in [0, 0.05) is 32.8 Å². The van der Waals surface area contributed by atoms with Crippen molar-refractivity contribution in [3.8, 4) is 51.8 Å². The average molecular weight is 636 g/mol. The van der Waals surface area contributed by atoms with Gasteiger partial charge in [-0.25, -0.2) is 0 Å². The summed E-state index contributed by atoms with van der Waals surface area (Å²) in [4.78, 5) is 0. The van der Waals surface area contributed by atoms with E-state index in [1.165, 1.54) is 0 Å². The highest BCUT2D eigenvalue weighted by atomic mass is 15.0. The predicted molar refractivity (Wildman–Crippen MR) is 200 cm³/mol. The Labute approximate surface area is 287 Å². The Morgan fingerprint density at radius 3 is 1.70 bits per heavy atom. The van der Waals surface area contributed by atoms with Crippen LogP contribution in [-0.4, -0.2) is 9.13 Å². The summed E-state index contributed by atoms with van der Waals surface area (Å²) in [6.45, 7) is 0. The van der Waals surface area contributed by atoms with Gasteiger partial charge < -0.3 is 9.13 Å². The SMILES string of the molecule is N#Cc1ccc(-c2ccc(-c3ccc(-n4c5ccccc5c5c(C#N)cccc54)cc3)cc2)c(-n2c3ccccc3c3cc(C#N)ccc32)c1. The van der Waals surface area contributed by atoms with Crippen LogP contribution in [0.4, 0.5) is 0 Å². The lowest BCUT2D eigenvalue weighted by Crippen LogP contribution is -1.98. The maximum atomic E-state index is 9.88. The smallest absolute Gasteiger partial charge is 0.0998 e. The number of hydrogen-bond acceptors (Lipinski definition) is 3. The number of hydrogen-bond donors (Lipinski definition) is 0. The maximum Gasteiger partial charge on any atom is 0.0998 e.